The van der Waals surface area contributed by atoms with Crippen molar-refractivity contribution >= 4 is 39.0 Å². The van der Waals surface area contributed by atoms with Crippen molar-refractivity contribution in [3.05, 3.63) is 9.98 Å². The van der Waals surface area contributed by atoms with Crippen molar-refractivity contribution in [3.8, 4) is 0 Å². The molecule has 0 aliphatic carbocycles. The van der Waals surface area contributed by atoms with Gasteiger partial charge in [-0.3, -0.25) is 0 Å². The van der Waals surface area contributed by atoms with Gasteiger partial charge in [0.1, 0.15) is 0 Å². The van der Waals surface area contributed by atoms with Crippen molar-refractivity contribution in [2.45, 2.75) is 11.3 Å². The van der Waals surface area contributed by atoms with Gasteiger partial charge in [-0.15, -0.1) is 11.3 Å². The summed E-state index contributed by atoms with van der Waals surface area (Å²) in [7, 11) is 0. The fourth-order valence-corrected chi connectivity index (χ4v) is 2.92. The van der Waals surface area contributed by atoms with Crippen LogP contribution in [0.4, 0.5) is 0 Å². The first-order chi connectivity index (χ1) is 4.33. The molecule has 50 valence electrons. The van der Waals surface area contributed by atoms with Gasteiger partial charge in [0.05, 0.1) is 9.98 Å². The van der Waals surface area contributed by atoms with E-state index in [1.54, 1.807) is 23.1 Å². The number of hydrogen-bond donors (Lipinski definition) is 0. The number of rotatable bonds is 2. The Hall–Kier alpha value is 0.460. The molecule has 0 radical (unpaired) electrons. The number of thioether (sulfide) groups is 1. The summed E-state index contributed by atoms with van der Waals surface area (Å²) in [5.41, 5.74) is 0. The minimum atomic E-state index is 1.10. The second-order valence-electron chi connectivity index (χ2n) is 1.36. The van der Waals surface area contributed by atoms with Gasteiger partial charge in [-0.2, -0.15) is 0 Å². The summed E-state index contributed by atoms with van der Waals surface area (Å²) in [6.07, 6.45) is 1.84. The molecule has 0 aliphatic heterocycles. The summed E-state index contributed by atoms with van der Waals surface area (Å²) in [4.78, 5) is 4.14. The molecule has 0 aromatic carbocycles. The molecule has 0 atom stereocenters. The highest BCUT2D eigenvalue weighted by Crippen LogP contribution is 2.26. The van der Waals surface area contributed by atoms with Gasteiger partial charge in [0.15, 0.2) is 4.34 Å². The SMILES string of the molecule is CCSc1ncc(Br)s1. The molecule has 9 heavy (non-hydrogen) atoms. The van der Waals surface area contributed by atoms with Crippen LogP contribution in [0.2, 0.25) is 0 Å². The standard InChI is InChI=1S/C5H6BrNS2/c1-2-8-5-7-3-4(6)9-5/h3H,2H2,1H3. The molecule has 0 amide bonds. The molecule has 0 unspecified atom stereocenters. The summed E-state index contributed by atoms with van der Waals surface area (Å²) in [5.74, 6) is 1.10. The molecule has 1 rings (SSSR count). The van der Waals surface area contributed by atoms with E-state index in [1.807, 2.05) is 6.20 Å². The minimum absolute atomic E-state index is 1.10. The monoisotopic (exact) mass is 223 g/mol. The fraction of sp³-hybridized carbons (Fsp3) is 0.400. The van der Waals surface area contributed by atoms with Crippen LogP contribution >= 0.6 is 39.0 Å². The third kappa shape index (κ3) is 2.27. The van der Waals surface area contributed by atoms with Crippen molar-refractivity contribution in [2.24, 2.45) is 0 Å². The van der Waals surface area contributed by atoms with Crippen LogP contribution in [0.3, 0.4) is 0 Å². The molecule has 0 fully saturated rings. The van der Waals surface area contributed by atoms with Crippen LogP contribution in [-0.4, -0.2) is 10.7 Å². The maximum absolute atomic E-state index is 4.14. The maximum Gasteiger partial charge on any atom is 0.150 e. The Morgan fingerprint density at radius 3 is 3.11 bits per heavy atom. The first-order valence-corrected chi connectivity index (χ1v) is 5.16. The summed E-state index contributed by atoms with van der Waals surface area (Å²) in [5, 5.41) is 0. The number of aromatic nitrogens is 1. The molecule has 1 heterocycles. The molecular formula is C5H6BrNS2. The first kappa shape index (κ1) is 7.57. The lowest BCUT2D eigenvalue weighted by Gasteiger charge is -1.84. The highest BCUT2D eigenvalue weighted by Gasteiger charge is 1.96. The maximum atomic E-state index is 4.14. The minimum Gasteiger partial charge on any atom is -0.237 e. The first-order valence-electron chi connectivity index (χ1n) is 2.57. The zero-order valence-electron chi connectivity index (χ0n) is 4.93. The van der Waals surface area contributed by atoms with Crippen molar-refractivity contribution in [1.29, 1.82) is 0 Å². The van der Waals surface area contributed by atoms with Crippen LogP contribution in [0, 0.1) is 0 Å². The molecule has 0 aliphatic rings. The van der Waals surface area contributed by atoms with Crippen molar-refractivity contribution < 1.29 is 0 Å². The van der Waals surface area contributed by atoms with Crippen LogP contribution < -0.4 is 0 Å². The van der Waals surface area contributed by atoms with Crippen molar-refractivity contribution in [1.82, 2.24) is 4.98 Å². The topological polar surface area (TPSA) is 12.9 Å². The van der Waals surface area contributed by atoms with Crippen LogP contribution in [0.25, 0.3) is 0 Å². The summed E-state index contributed by atoms with van der Waals surface area (Å²) >= 11 is 6.80. The van der Waals surface area contributed by atoms with Gasteiger partial charge in [0.2, 0.25) is 0 Å². The van der Waals surface area contributed by atoms with E-state index in [-0.39, 0.29) is 0 Å². The Balaban J connectivity index is 2.61. The fourth-order valence-electron chi connectivity index (χ4n) is 0.430. The van der Waals surface area contributed by atoms with Crippen molar-refractivity contribution in [2.75, 3.05) is 5.75 Å². The molecular weight excluding hydrogens is 218 g/mol. The highest BCUT2D eigenvalue weighted by molar-refractivity contribution is 9.11. The average Bonchev–Trinajstić information content (AvgIpc) is 2.17. The second kappa shape index (κ2) is 3.58. The van der Waals surface area contributed by atoms with Gasteiger partial charge in [-0.1, -0.05) is 18.7 Å². The van der Waals surface area contributed by atoms with Crippen LogP contribution in [0.5, 0.6) is 0 Å². The highest BCUT2D eigenvalue weighted by atomic mass is 79.9. The van der Waals surface area contributed by atoms with E-state index in [2.05, 4.69) is 27.8 Å². The van der Waals surface area contributed by atoms with Gasteiger partial charge < -0.3 is 0 Å². The molecule has 4 heteroatoms. The van der Waals surface area contributed by atoms with Gasteiger partial charge in [0.25, 0.3) is 0 Å². The molecule has 1 nitrogen and oxygen atoms in total. The van der Waals surface area contributed by atoms with E-state index >= 15 is 0 Å². The van der Waals surface area contributed by atoms with E-state index in [4.69, 9.17) is 0 Å². The van der Waals surface area contributed by atoms with E-state index in [0.29, 0.717) is 0 Å². The summed E-state index contributed by atoms with van der Waals surface area (Å²) in [6, 6.07) is 0. The lowest BCUT2D eigenvalue weighted by atomic mass is 11.0. The molecule has 1 aromatic heterocycles. The summed E-state index contributed by atoms with van der Waals surface area (Å²) < 4.78 is 2.25. The van der Waals surface area contributed by atoms with Crippen LogP contribution in [0.15, 0.2) is 14.3 Å². The molecule has 0 saturated carbocycles. The van der Waals surface area contributed by atoms with Gasteiger partial charge in [-0.25, -0.2) is 4.98 Å². The third-order valence-electron chi connectivity index (χ3n) is 0.724. The van der Waals surface area contributed by atoms with Gasteiger partial charge in [0, 0.05) is 0 Å². The zero-order valence-corrected chi connectivity index (χ0v) is 8.15. The Kier molecular flexibility index (Phi) is 3.01. The molecule has 1 aromatic rings. The number of nitrogens with zero attached hydrogens (tertiary/aromatic N) is 1. The summed E-state index contributed by atoms with van der Waals surface area (Å²) in [6.45, 7) is 2.12. The second-order valence-corrected chi connectivity index (χ2v) is 5.28. The smallest absolute Gasteiger partial charge is 0.150 e. The predicted octanol–water partition coefficient (Wildman–Crippen LogP) is 3.02. The van der Waals surface area contributed by atoms with Gasteiger partial charge >= 0.3 is 0 Å². The van der Waals surface area contributed by atoms with E-state index in [1.165, 1.54) is 0 Å². The van der Waals surface area contributed by atoms with Crippen LogP contribution in [0.1, 0.15) is 6.92 Å². The molecule has 0 N–H and O–H groups in total. The van der Waals surface area contributed by atoms with E-state index in [9.17, 15) is 0 Å². The van der Waals surface area contributed by atoms with E-state index < -0.39 is 0 Å². The zero-order chi connectivity index (χ0) is 6.69. The lowest BCUT2D eigenvalue weighted by Crippen LogP contribution is -1.65. The lowest BCUT2D eigenvalue weighted by molar-refractivity contribution is 1.24. The number of hydrogen-bond acceptors (Lipinski definition) is 3. The Morgan fingerprint density at radius 2 is 2.67 bits per heavy atom. The molecule has 0 spiro atoms. The van der Waals surface area contributed by atoms with E-state index in [0.717, 1.165) is 13.9 Å². The third-order valence-corrected chi connectivity index (χ3v) is 3.24. The normalized spacial score (nSPS) is 10.0. The number of thiazole rings is 1. The molecule has 0 bridgehead atoms. The van der Waals surface area contributed by atoms with Crippen LogP contribution in [-0.2, 0) is 0 Å². The quantitative estimate of drug-likeness (QED) is 0.716. The Morgan fingerprint density at radius 1 is 1.89 bits per heavy atom. The number of halogens is 1. The molecule has 0 saturated heterocycles. The van der Waals surface area contributed by atoms with Crippen molar-refractivity contribution in [3.63, 3.8) is 0 Å². The average molecular weight is 224 g/mol. The largest absolute Gasteiger partial charge is 0.237 e. The predicted molar refractivity (Wildman–Crippen MR) is 46.2 cm³/mol. The Labute approximate surface area is 71.0 Å². The van der Waals surface area contributed by atoms with Gasteiger partial charge in [-0.05, 0) is 21.7 Å². The Bertz CT molecular complexity index is 187.